The van der Waals surface area contributed by atoms with Crippen molar-refractivity contribution in [1.82, 2.24) is 10.2 Å². The lowest BCUT2D eigenvalue weighted by atomic mass is 10.1. The van der Waals surface area contributed by atoms with E-state index < -0.39 is 18.2 Å². The van der Waals surface area contributed by atoms with Crippen LogP contribution in [-0.4, -0.2) is 47.2 Å². The van der Waals surface area contributed by atoms with E-state index in [-0.39, 0.29) is 24.7 Å². The molecule has 1 heterocycles. The number of amides is 3. The fourth-order valence-electron chi connectivity index (χ4n) is 3.14. The number of para-hydroxylation sites is 1. The highest BCUT2D eigenvalue weighted by molar-refractivity contribution is 5.94. The van der Waals surface area contributed by atoms with Gasteiger partial charge in [-0.15, -0.1) is 0 Å². The molecule has 3 amide bonds. The Morgan fingerprint density at radius 2 is 1.93 bits per heavy atom. The zero-order valence-electron chi connectivity index (χ0n) is 14.8. The fraction of sp³-hybridized carbons (Fsp3) is 0.300. The molecule has 0 radical (unpaired) electrons. The van der Waals surface area contributed by atoms with Crippen molar-refractivity contribution >= 4 is 17.6 Å². The third-order valence-corrected chi connectivity index (χ3v) is 4.47. The number of likely N-dealkylation sites (tertiary alicyclic amines) is 1. The highest BCUT2D eigenvalue weighted by Crippen LogP contribution is 2.20. The van der Waals surface area contributed by atoms with Crippen LogP contribution in [0.4, 0.5) is 14.9 Å². The summed E-state index contributed by atoms with van der Waals surface area (Å²) >= 11 is 0. The lowest BCUT2D eigenvalue weighted by Crippen LogP contribution is -2.47. The zero-order chi connectivity index (χ0) is 19.2. The van der Waals surface area contributed by atoms with Gasteiger partial charge in [-0.2, -0.15) is 0 Å². The second kappa shape index (κ2) is 8.64. The zero-order valence-corrected chi connectivity index (χ0v) is 14.8. The van der Waals surface area contributed by atoms with Crippen molar-refractivity contribution in [3.8, 4) is 0 Å². The summed E-state index contributed by atoms with van der Waals surface area (Å²) in [6, 6.07) is 14.0. The molecular weight excluding hydrogens is 349 g/mol. The van der Waals surface area contributed by atoms with E-state index in [1.54, 1.807) is 36.4 Å². The molecule has 3 rings (SSSR count). The van der Waals surface area contributed by atoms with Crippen LogP contribution in [0.5, 0.6) is 0 Å². The van der Waals surface area contributed by atoms with Gasteiger partial charge in [0.05, 0.1) is 6.10 Å². The molecule has 6 nitrogen and oxygen atoms in total. The maximum absolute atomic E-state index is 13.2. The Balaban J connectivity index is 1.56. The minimum Gasteiger partial charge on any atom is -0.391 e. The van der Waals surface area contributed by atoms with Crippen LogP contribution in [0.2, 0.25) is 0 Å². The van der Waals surface area contributed by atoms with E-state index in [0.717, 1.165) is 5.56 Å². The summed E-state index contributed by atoms with van der Waals surface area (Å²) in [7, 11) is 0. The molecule has 142 valence electrons. The molecule has 2 aromatic carbocycles. The number of benzene rings is 2. The van der Waals surface area contributed by atoms with Crippen LogP contribution in [0.1, 0.15) is 12.0 Å². The van der Waals surface area contributed by atoms with Crippen molar-refractivity contribution in [2.45, 2.75) is 25.0 Å². The second-order valence-corrected chi connectivity index (χ2v) is 6.52. The Morgan fingerprint density at radius 3 is 2.67 bits per heavy atom. The summed E-state index contributed by atoms with van der Waals surface area (Å²) in [5, 5.41) is 15.4. The van der Waals surface area contributed by atoms with Gasteiger partial charge in [0, 0.05) is 25.2 Å². The Bertz CT molecular complexity index is 800. The van der Waals surface area contributed by atoms with Crippen LogP contribution in [0.25, 0.3) is 0 Å². The molecular formula is C20H22FN3O3. The Labute approximate surface area is 157 Å². The molecule has 1 fully saturated rings. The van der Waals surface area contributed by atoms with Gasteiger partial charge in [-0.25, -0.2) is 9.18 Å². The largest absolute Gasteiger partial charge is 0.391 e. The third-order valence-electron chi connectivity index (χ3n) is 4.47. The Hall–Kier alpha value is -2.93. The number of rotatable bonds is 5. The molecule has 7 heteroatoms. The molecule has 2 atom stereocenters. The average Bonchev–Trinajstić information content (AvgIpc) is 3.05. The van der Waals surface area contributed by atoms with Gasteiger partial charge >= 0.3 is 6.03 Å². The molecule has 0 saturated carbocycles. The van der Waals surface area contributed by atoms with Gasteiger partial charge in [-0.05, 0) is 36.2 Å². The van der Waals surface area contributed by atoms with Crippen molar-refractivity contribution in [3.05, 3.63) is 66.0 Å². The standard InChI is InChI=1S/C20H22FN3O3/c21-15-6-4-5-14(11-15)9-10-22-19(26)18-12-17(25)13-24(18)20(27)23-16-7-2-1-3-8-16/h1-8,11,17-18,25H,9-10,12-13H2,(H,22,26)(H,23,27). The predicted molar refractivity (Wildman–Crippen MR) is 99.7 cm³/mol. The molecule has 1 saturated heterocycles. The van der Waals surface area contributed by atoms with Crippen LogP contribution in [0.3, 0.4) is 0 Å². The number of aliphatic hydroxyl groups is 1. The number of nitrogens with zero attached hydrogens (tertiary/aromatic N) is 1. The van der Waals surface area contributed by atoms with Crippen LogP contribution >= 0.6 is 0 Å². The number of anilines is 1. The van der Waals surface area contributed by atoms with Gasteiger partial charge in [-0.1, -0.05) is 30.3 Å². The van der Waals surface area contributed by atoms with E-state index >= 15 is 0 Å². The lowest BCUT2D eigenvalue weighted by Gasteiger charge is -2.24. The summed E-state index contributed by atoms with van der Waals surface area (Å²) in [6.07, 6.45) is -0.0753. The van der Waals surface area contributed by atoms with Crippen molar-refractivity contribution in [2.75, 3.05) is 18.4 Å². The van der Waals surface area contributed by atoms with E-state index in [1.807, 2.05) is 6.07 Å². The number of hydrogen-bond acceptors (Lipinski definition) is 3. The topological polar surface area (TPSA) is 81.7 Å². The minimum atomic E-state index is -0.745. The lowest BCUT2D eigenvalue weighted by molar-refractivity contribution is -0.124. The number of urea groups is 1. The average molecular weight is 371 g/mol. The van der Waals surface area contributed by atoms with Crippen molar-refractivity contribution < 1.29 is 19.1 Å². The van der Waals surface area contributed by atoms with Gasteiger partial charge < -0.3 is 20.6 Å². The van der Waals surface area contributed by atoms with Gasteiger partial charge in [0.2, 0.25) is 5.91 Å². The quantitative estimate of drug-likeness (QED) is 0.753. The predicted octanol–water partition coefficient (Wildman–Crippen LogP) is 2.15. The maximum atomic E-state index is 13.2. The highest BCUT2D eigenvalue weighted by atomic mass is 19.1. The van der Waals surface area contributed by atoms with Gasteiger partial charge in [0.1, 0.15) is 11.9 Å². The molecule has 1 aliphatic heterocycles. The molecule has 2 unspecified atom stereocenters. The molecule has 1 aliphatic rings. The maximum Gasteiger partial charge on any atom is 0.322 e. The fourth-order valence-corrected chi connectivity index (χ4v) is 3.14. The first-order valence-electron chi connectivity index (χ1n) is 8.86. The van der Waals surface area contributed by atoms with Crippen LogP contribution < -0.4 is 10.6 Å². The van der Waals surface area contributed by atoms with E-state index in [1.165, 1.54) is 17.0 Å². The van der Waals surface area contributed by atoms with Gasteiger partial charge in [0.15, 0.2) is 0 Å². The third kappa shape index (κ3) is 5.04. The number of hydrogen-bond donors (Lipinski definition) is 3. The number of carbonyl (C=O) groups is 2. The monoisotopic (exact) mass is 371 g/mol. The van der Waals surface area contributed by atoms with Crippen LogP contribution in [0.15, 0.2) is 54.6 Å². The summed E-state index contributed by atoms with van der Waals surface area (Å²) in [6.45, 7) is 0.420. The molecule has 2 aromatic rings. The Kier molecular flexibility index (Phi) is 6.03. The van der Waals surface area contributed by atoms with Crippen LogP contribution in [-0.2, 0) is 11.2 Å². The summed E-state index contributed by atoms with van der Waals surface area (Å²) < 4.78 is 13.2. The Morgan fingerprint density at radius 1 is 1.15 bits per heavy atom. The van der Waals surface area contributed by atoms with E-state index in [4.69, 9.17) is 0 Å². The highest BCUT2D eigenvalue weighted by Gasteiger charge is 2.38. The van der Waals surface area contributed by atoms with Crippen molar-refractivity contribution in [2.24, 2.45) is 0 Å². The van der Waals surface area contributed by atoms with E-state index in [9.17, 15) is 19.1 Å². The summed E-state index contributed by atoms with van der Waals surface area (Å²) in [5.41, 5.74) is 1.40. The number of aliphatic hydroxyl groups excluding tert-OH is 1. The van der Waals surface area contributed by atoms with E-state index in [2.05, 4.69) is 10.6 Å². The SMILES string of the molecule is O=C(NCCc1cccc(F)c1)C1CC(O)CN1C(=O)Nc1ccccc1. The van der Waals surface area contributed by atoms with E-state index in [0.29, 0.717) is 18.7 Å². The van der Waals surface area contributed by atoms with Crippen molar-refractivity contribution in [1.29, 1.82) is 0 Å². The minimum absolute atomic E-state index is 0.0979. The molecule has 0 aromatic heterocycles. The first kappa shape index (κ1) is 18.8. The normalized spacial score (nSPS) is 19.0. The molecule has 0 spiro atoms. The molecule has 27 heavy (non-hydrogen) atoms. The van der Waals surface area contributed by atoms with Gasteiger partial charge in [0.25, 0.3) is 0 Å². The summed E-state index contributed by atoms with van der Waals surface area (Å²) in [5.74, 6) is -0.646. The second-order valence-electron chi connectivity index (χ2n) is 6.52. The number of nitrogens with one attached hydrogen (secondary N) is 2. The van der Waals surface area contributed by atoms with Crippen molar-refractivity contribution in [3.63, 3.8) is 0 Å². The van der Waals surface area contributed by atoms with Crippen LogP contribution in [0, 0.1) is 5.82 Å². The molecule has 0 aliphatic carbocycles. The summed E-state index contributed by atoms with van der Waals surface area (Å²) in [4.78, 5) is 26.3. The number of β-amino-alcohol motifs (C(OH)–C–C–N with tert-alkyl or cyclic N) is 1. The number of halogens is 1. The first-order valence-corrected chi connectivity index (χ1v) is 8.86. The molecule has 3 N–H and O–H groups in total. The first-order chi connectivity index (χ1) is 13.0. The molecule has 0 bridgehead atoms. The number of carbonyl (C=O) groups excluding carboxylic acids is 2. The van der Waals surface area contributed by atoms with Gasteiger partial charge in [-0.3, -0.25) is 4.79 Å². The smallest absolute Gasteiger partial charge is 0.322 e.